The van der Waals surface area contributed by atoms with E-state index in [1.165, 1.54) is 11.8 Å². The summed E-state index contributed by atoms with van der Waals surface area (Å²) < 4.78 is 23.1. The van der Waals surface area contributed by atoms with E-state index in [2.05, 4.69) is 15.2 Å². The van der Waals surface area contributed by atoms with Crippen LogP contribution in [0.15, 0.2) is 74.9 Å². The lowest BCUT2D eigenvalue weighted by molar-refractivity contribution is 0.0686. The lowest BCUT2D eigenvalue weighted by atomic mass is 10.2. The second kappa shape index (κ2) is 7.40. The summed E-state index contributed by atoms with van der Waals surface area (Å²) in [6, 6.07) is 17.3. The Labute approximate surface area is 164 Å². The van der Waals surface area contributed by atoms with E-state index in [-0.39, 0.29) is 0 Å². The highest BCUT2D eigenvalue weighted by Gasteiger charge is 2.27. The monoisotopic (exact) mass is 393 g/mol. The van der Waals surface area contributed by atoms with Gasteiger partial charge in [-0.1, -0.05) is 54.2 Å². The molecule has 0 aliphatic carbocycles. The van der Waals surface area contributed by atoms with Crippen LogP contribution in [0.25, 0.3) is 11.3 Å². The van der Waals surface area contributed by atoms with Crippen LogP contribution in [-0.2, 0) is 5.75 Å². The topological polar surface area (TPSA) is 83.4 Å². The fourth-order valence-corrected chi connectivity index (χ4v) is 3.41. The SMILES string of the molecule is c1ccc(-c2cnc(CSc3nnc([C@@H]4COc5ccccc5O4)o3)o2)cc1. The van der Waals surface area contributed by atoms with Gasteiger partial charge in [-0.25, -0.2) is 4.98 Å². The highest BCUT2D eigenvalue weighted by Crippen LogP contribution is 2.36. The Morgan fingerprint density at radius 3 is 2.64 bits per heavy atom. The van der Waals surface area contributed by atoms with Gasteiger partial charge in [-0.3, -0.25) is 0 Å². The highest BCUT2D eigenvalue weighted by atomic mass is 32.2. The van der Waals surface area contributed by atoms with Crippen LogP contribution in [-0.4, -0.2) is 21.8 Å². The average molecular weight is 393 g/mol. The fraction of sp³-hybridized carbons (Fsp3) is 0.150. The van der Waals surface area contributed by atoms with Crippen molar-refractivity contribution in [3.63, 3.8) is 0 Å². The molecule has 2 aromatic heterocycles. The van der Waals surface area contributed by atoms with E-state index in [4.69, 9.17) is 18.3 Å². The Balaban J connectivity index is 1.23. The van der Waals surface area contributed by atoms with E-state index in [1.807, 2.05) is 54.6 Å². The van der Waals surface area contributed by atoms with Gasteiger partial charge in [0, 0.05) is 5.56 Å². The number of benzene rings is 2. The Morgan fingerprint density at radius 2 is 1.75 bits per heavy atom. The van der Waals surface area contributed by atoms with Crippen LogP contribution in [0, 0.1) is 0 Å². The molecule has 5 rings (SSSR count). The van der Waals surface area contributed by atoms with Crippen LogP contribution in [0.1, 0.15) is 17.9 Å². The number of hydrogen-bond donors (Lipinski definition) is 0. The van der Waals surface area contributed by atoms with Crippen molar-refractivity contribution in [3.8, 4) is 22.8 Å². The Morgan fingerprint density at radius 1 is 0.929 bits per heavy atom. The van der Waals surface area contributed by atoms with E-state index in [0.29, 0.717) is 40.9 Å². The van der Waals surface area contributed by atoms with Gasteiger partial charge >= 0.3 is 0 Å². The summed E-state index contributed by atoms with van der Waals surface area (Å²) in [4.78, 5) is 4.31. The first-order chi connectivity index (χ1) is 13.8. The minimum Gasteiger partial charge on any atom is -0.485 e. The molecule has 2 aromatic carbocycles. The fourth-order valence-electron chi connectivity index (χ4n) is 2.79. The summed E-state index contributed by atoms with van der Waals surface area (Å²) in [6.07, 6.45) is 1.29. The zero-order chi connectivity index (χ0) is 18.8. The van der Waals surface area contributed by atoms with E-state index in [9.17, 15) is 0 Å². The van der Waals surface area contributed by atoms with Crippen LogP contribution >= 0.6 is 11.8 Å². The zero-order valence-electron chi connectivity index (χ0n) is 14.6. The molecule has 1 atom stereocenters. The number of hydrogen-bond acceptors (Lipinski definition) is 8. The third-order valence-corrected chi connectivity index (χ3v) is 4.94. The van der Waals surface area contributed by atoms with Crippen LogP contribution in [0.3, 0.4) is 0 Å². The van der Waals surface area contributed by atoms with E-state index in [1.54, 1.807) is 6.20 Å². The van der Waals surface area contributed by atoms with Crippen LogP contribution < -0.4 is 9.47 Å². The number of thioether (sulfide) groups is 1. The summed E-state index contributed by atoms with van der Waals surface area (Å²) in [5.41, 5.74) is 0.987. The molecule has 0 amide bonds. The van der Waals surface area contributed by atoms with Crippen molar-refractivity contribution in [2.75, 3.05) is 6.61 Å². The Bertz CT molecular complexity index is 1080. The highest BCUT2D eigenvalue weighted by molar-refractivity contribution is 7.98. The molecule has 0 saturated carbocycles. The van der Waals surface area contributed by atoms with Gasteiger partial charge in [0.05, 0.1) is 11.9 Å². The summed E-state index contributed by atoms with van der Waals surface area (Å²) in [7, 11) is 0. The number of nitrogens with zero attached hydrogens (tertiary/aromatic N) is 3. The molecule has 7 nitrogen and oxygen atoms in total. The molecule has 0 radical (unpaired) electrons. The molecular formula is C20H15N3O4S. The van der Waals surface area contributed by atoms with Gasteiger partial charge in [0.2, 0.25) is 12.0 Å². The molecule has 140 valence electrons. The molecule has 1 aliphatic heterocycles. The molecule has 28 heavy (non-hydrogen) atoms. The quantitative estimate of drug-likeness (QED) is 0.457. The second-order valence-corrected chi connectivity index (χ2v) is 6.97. The number of rotatable bonds is 5. The number of ether oxygens (including phenoxy) is 2. The number of fused-ring (bicyclic) bond motifs is 1. The third-order valence-electron chi connectivity index (χ3n) is 4.14. The minimum atomic E-state index is -0.428. The Hall–Kier alpha value is -3.26. The van der Waals surface area contributed by atoms with Crippen molar-refractivity contribution >= 4 is 11.8 Å². The summed E-state index contributed by atoms with van der Waals surface area (Å²) >= 11 is 1.36. The standard InChI is InChI=1S/C20H15N3O4S/c1-2-6-13(7-3-1)16-10-21-18(26-16)12-28-20-23-22-19(27-20)17-11-24-14-8-4-5-9-15(14)25-17/h1-10,17H,11-12H2/t17-/m0/s1. The van der Waals surface area contributed by atoms with Crippen molar-refractivity contribution in [3.05, 3.63) is 72.6 Å². The predicted molar refractivity (Wildman–Crippen MR) is 101 cm³/mol. The molecule has 0 fully saturated rings. The predicted octanol–water partition coefficient (Wildman–Crippen LogP) is 4.53. The summed E-state index contributed by atoms with van der Waals surface area (Å²) in [5.74, 6) is 3.57. The first kappa shape index (κ1) is 16.9. The molecular weight excluding hydrogens is 378 g/mol. The van der Waals surface area contributed by atoms with Crippen LogP contribution in [0.5, 0.6) is 11.5 Å². The molecule has 0 bridgehead atoms. The molecule has 0 unspecified atom stereocenters. The van der Waals surface area contributed by atoms with Gasteiger partial charge in [0.15, 0.2) is 17.3 Å². The molecule has 8 heteroatoms. The smallest absolute Gasteiger partial charge is 0.277 e. The van der Waals surface area contributed by atoms with E-state index < -0.39 is 6.10 Å². The first-order valence-corrected chi connectivity index (χ1v) is 9.68. The lowest BCUT2D eigenvalue weighted by Gasteiger charge is -2.23. The van der Waals surface area contributed by atoms with Crippen LogP contribution in [0.2, 0.25) is 0 Å². The lowest BCUT2D eigenvalue weighted by Crippen LogP contribution is -2.21. The van der Waals surface area contributed by atoms with Gasteiger partial charge in [-0.05, 0) is 12.1 Å². The maximum absolute atomic E-state index is 5.89. The van der Waals surface area contributed by atoms with Crippen LogP contribution in [0.4, 0.5) is 0 Å². The van der Waals surface area contributed by atoms with E-state index >= 15 is 0 Å². The summed E-state index contributed by atoms with van der Waals surface area (Å²) in [6.45, 7) is 0.323. The van der Waals surface area contributed by atoms with Gasteiger partial charge < -0.3 is 18.3 Å². The molecule has 0 spiro atoms. The van der Waals surface area contributed by atoms with Gasteiger partial charge in [0.25, 0.3) is 11.1 Å². The third kappa shape index (κ3) is 3.46. The van der Waals surface area contributed by atoms with E-state index in [0.717, 1.165) is 11.3 Å². The number of aromatic nitrogens is 3. The van der Waals surface area contributed by atoms with Crippen molar-refractivity contribution in [2.24, 2.45) is 0 Å². The second-order valence-electron chi connectivity index (χ2n) is 6.04. The van der Waals surface area contributed by atoms with Gasteiger partial charge in [0.1, 0.15) is 6.61 Å². The maximum atomic E-state index is 5.89. The normalized spacial score (nSPS) is 15.5. The van der Waals surface area contributed by atoms with Gasteiger partial charge in [-0.2, -0.15) is 0 Å². The molecule has 1 aliphatic rings. The largest absolute Gasteiger partial charge is 0.485 e. The molecule has 0 saturated heterocycles. The molecule has 3 heterocycles. The van der Waals surface area contributed by atoms with Crippen molar-refractivity contribution in [1.82, 2.24) is 15.2 Å². The maximum Gasteiger partial charge on any atom is 0.277 e. The summed E-state index contributed by atoms with van der Waals surface area (Å²) in [5, 5.41) is 8.58. The number of oxazole rings is 1. The zero-order valence-corrected chi connectivity index (χ0v) is 15.5. The van der Waals surface area contributed by atoms with Crippen molar-refractivity contribution in [2.45, 2.75) is 17.1 Å². The number of para-hydroxylation sites is 2. The molecule has 4 aromatic rings. The Kier molecular flexibility index (Phi) is 4.46. The first-order valence-electron chi connectivity index (χ1n) is 8.70. The van der Waals surface area contributed by atoms with Crippen molar-refractivity contribution in [1.29, 1.82) is 0 Å². The van der Waals surface area contributed by atoms with Gasteiger partial charge in [-0.15, -0.1) is 10.2 Å². The van der Waals surface area contributed by atoms with Crippen molar-refractivity contribution < 1.29 is 18.3 Å². The average Bonchev–Trinajstić information content (AvgIpc) is 3.42. The minimum absolute atomic E-state index is 0.323. The molecule has 0 N–H and O–H groups in total.